The molecule has 0 unspecified atom stereocenters. The summed E-state index contributed by atoms with van der Waals surface area (Å²) in [7, 11) is 1.64. The van der Waals surface area contributed by atoms with Gasteiger partial charge in [-0.25, -0.2) is 0 Å². The van der Waals surface area contributed by atoms with E-state index in [0.29, 0.717) is 16.2 Å². The van der Waals surface area contributed by atoms with Crippen LogP contribution in [-0.4, -0.2) is 23.2 Å². The van der Waals surface area contributed by atoms with E-state index in [-0.39, 0.29) is 5.24 Å². The number of nitrogens with one attached hydrogen (secondary N) is 1. The van der Waals surface area contributed by atoms with Gasteiger partial charge in [-0.05, 0) is 48.0 Å². The minimum absolute atomic E-state index is 0.309. The number of pyridine rings is 1. The van der Waals surface area contributed by atoms with Crippen LogP contribution in [0.1, 0.15) is 11.3 Å². The van der Waals surface area contributed by atoms with Crippen molar-refractivity contribution in [3.8, 4) is 16.9 Å². The molecule has 130 valence electrons. The molecule has 1 N–H and O–H groups in total. The number of ether oxygens (including phenoxy) is 1. The lowest BCUT2D eigenvalue weighted by atomic mass is 10.0. The quantitative estimate of drug-likeness (QED) is 0.702. The molecule has 0 radical (unpaired) electrons. The monoisotopic (exact) mass is 366 g/mol. The third-order valence-electron chi connectivity index (χ3n) is 4.06. The van der Waals surface area contributed by atoms with E-state index in [4.69, 9.17) is 9.15 Å². The number of hydrogen-bond acceptors (Lipinski definition) is 6. The number of imide groups is 1. The average molecular weight is 366 g/mol. The molecule has 6 nitrogen and oxygen atoms in total. The molecular formula is C19H14N2O4S. The number of methoxy groups -OCH3 is 1. The van der Waals surface area contributed by atoms with Gasteiger partial charge in [0.15, 0.2) is 0 Å². The highest BCUT2D eigenvalue weighted by Gasteiger charge is 2.25. The number of carbonyl (C=O) groups excluding carboxylic acids is 2. The maximum absolute atomic E-state index is 11.7. The van der Waals surface area contributed by atoms with Crippen molar-refractivity contribution in [2.45, 2.75) is 6.92 Å². The van der Waals surface area contributed by atoms with Crippen molar-refractivity contribution in [3.63, 3.8) is 0 Å². The molecule has 1 fully saturated rings. The molecule has 26 heavy (non-hydrogen) atoms. The largest absolute Gasteiger partial charge is 0.496 e. The molecule has 0 aliphatic carbocycles. The summed E-state index contributed by atoms with van der Waals surface area (Å²) in [5.74, 6) is 0.893. The number of benzene rings is 1. The molecule has 0 atom stereocenters. The van der Waals surface area contributed by atoms with E-state index in [1.54, 1.807) is 31.6 Å². The minimum atomic E-state index is -0.412. The summed E-state index contributed by atoms with van der Waals surface area (Å²) in [5, 5.41) is 2.66. The predicted molar refractivity (Wildman–Crippen MR) is 99.8 cm³/mol. The SMILES string of the molecule is COc1ccc(-c2cncc3cc(/C=C4/SC(=O)NC4=O)oc23)cc1C. The van der Waals surface area contributed by atoms with Crippen LogP contribution in [-0.2, 0) is 4.79 Å². The Kier molecular flexibility index (Phi) is 4.00. The van der Waals surface area contributed by atoms with Gasteiger partial charge in [0.25, 0.3) is 11.1 Å². The summed E-state index contributed by atoms with van der Waals surface area (Å²) in [6.07, 6.45) is 5.01. The number of aromatic nitrogens is 1. The lowest BCUT2D eigenvalue weighted by Crippen LogP contribution is -2.17. The molecule has 4 rings (SSSR count). The summed E-state index contributed by atoms with van der Waals surface area (Å²) in [5.41, 5.74) is 3.48. The fraction of sp³-hybridized carbons (Fsp3) is 0.105. The first-order valence-corrected chi connectivity index (χ1v) is 8.64. The highest BCUT2D eigenvalue weighted by Crippen LogP contribution is 2.34. The van der Waals surface area contributed by atoms with Gasteiger partial charge in [0.2, 0.25) is 0 Å². The molecule has 0 spiro atoms. The molecule has 7 heteroatoms. The number of hydrogen-bond donors (Lipinski definition) is 1. The zero-order chi connectivity index (χ0) is 18.3. The number of amides is 2. The van der Waals surface area contributed by atoms with Crippen molar-refractivity contribution < 1.29 is 18.7 Å². The van der Waals surface area contributed by atoms with Crippen LogP contribution >= 0.6 is 11.8 Å². The third-order valence-corrected chi connectivity index (χ3v) is 4.87. The molecule has 0 bridgehead atoms. The fourth-order valence-corrected chi connectivity index (χ4v) is 3.52. The van der Waals surface area contributed by atoms with Crippen LogP contribution in [0.15, 0.2) is 46.0 Å². The Hall–Kier alpha value is -3.06. The first-order valence-electron chi connectivity index (χ1n) is 7.82. The second-order valence-corrected chi connectivity index (χ2v) is 6.81. The second-order valence-electron chi connectivity index (χ2n) is 5.79. The lowest BCUT2D eigenvalue weighted by Gasteiger charge is -2.07. The zero-order valence-corrected chi connectivity index (χ0v) is 14.8. The third kappa shape index (κ3) is 2.86. The van der Waals surface area contributed by atoms with E-state index in [1.807, 2.05) is 25.1 Å². The van der Waals surface area contributed by atoms with E-state index < -0.39 is 5.91 Å². The van der Waals surface area contributed by atoms with Gasteiger partial charge in [0.05, 0.1) is 12.0 Å². The molecule has 1 saturated heterocycles. The van der Waals surface area contributed by atoms with Gasteiger partial charge < -0.3 is 9.15 Å². The fourth-order valence-electron chi connectivity index (χ4n) is 2.86. The Morgan fingerprint density at radius 2 is 2.08 bits per heavy atom. The maximum atomic E-state index is 11.7. The van der Waals surface area contributed by atoms with Crippen LogP contribution in [0.5, 0.6) is 5.75 Å². The number of nitrogens with zero attached hydrogens (tertiary/aromatic N) is 1. The maximum Gasteiger partial charge on any atom is 0.290 e. The van der Waals surface area contributed by atoms with Gasteiger partial charge in [-0.1, -0.05) is 6.07 Å². The van der Waals surface area contributed by atoms with E-state index in [0.717, 1.165) is 39.6 Å². The number of carbonyl (C=O) groups is 2. The molecule has 3 heterocycles. The molecule has 3 aromatic rings. The average Bonchev–Trinajstić information content (AvgIpc) is 3.16. The van der Waals surface area contributed by atoms with Crippen molar-refractivity contribution in [2.75, 3.05) is 7.11 Å². The molecule has 1 aromatic carbocycles. The molecule has 2 amide bonds. The normalized spacial score (nSPS) is 15.7. The smallest absolute Gasteiger partial charge is 0.290 e. The molecule has 2 aromatic heterocycles. The highest BCUT2D eigenvalue weighted by atomic mass is 32.2. The number of fused-ring (bicyclic) bond motifs is 1. The van der Waals surface area contributed by atoms with E-state index in [9.17, 15) is 9.59 Å². The second kappa shape index (κ2) is 6.34. The van der Waals surface area contributed by atoms with E-state index in [2.05, 4.69) is 10.3 Å². The summed E-state index contributed by atoms with van der Waals surface area (Å²) in [6.45, 7) is 1.97. The Bertz CT molecular complexity index is 1080. The predicted octanol–water partition coefficient (Wildman–Crippen LogP) is 4.14. The van der Waals surface area contributed by atoms with Crippen LogP contribution < -0.4 is 10.1 Å². The topological polar surface area (TPSA) is 81.4 Å². The van der Waals surface area contributed by atoms with Crippen molar-refractivity contribution in [1.82, 2.24) is 10.3 Å². The van der Waals surface area contributed by atoms with Gasteiger partial charge in [-0.3, -0.25) is 19.9 Å². The number of rotatable bonds is 3. The van der Waals surface area contributed by atoms with Gasteiger partial charge in [-0.2, -0.15) is 0 Å². The summed E-state index contributed by atoms with van der Waals surface area (Å²) >= 11 is 0.857. The minimum Gasteiger partial charge on any atom is -0.496 e. The van der Waals surface area contributed by atoms with Gasteiger partial charge in [0, 0.05) is 29.4 Å². The van der Waals surface area contributed by atoms with Crippen molar-refractivity contribution in [3.05, 3.63) is 52.9 Å². The van der Waals surface area contributed by atoms with Crippen molar-refractivity contribution >= 4 is 40.0 Å². The van der Waals surface area contributed by atoms with Crippen LogP contribution in [0.3, 0.4) is 0 Å². The summed E-state index contributed by atoms with van der Waals surface area (Å²) in [4.78, 5) is 27.6. The van der Waals surface area contributed by atoms with Crippen molar-refractivity contribution in [2.24, 2.45) is 0 Å². The highest BCUT2D eigenvalue weighted by molar-refractivity contribution is 8.18. The lowest BCUT2D eigenvalue weighted by molar-refractivity contribution is -0.115. The van der Waals surface area contributed by atoms with Crippen LogP contribution in [0.25, 0.3) is 28.2 Å². The molecule has 0 saturated carbocycles. The first-order chi connectivity index (χ1) is 12.5. The Balaban J connectivity index is 1.79. The summed E-state index contributed by atoms with van der Waals surface area (Å²) < 4.78 is 11.2. The van der Waals surface area contributed by atoms with Gasteiger partial charge >= 0.3 is 0 Å². The number of furan rings is 1. The first kappa shape index (κ1) is 16.4. The number of thioether (sulfide) groups is 1. The Morgan fingerprint density at radius 3 is 2.77 bits per heavy atom. The zero-order valence-electron chi connectivity index (χ0n) is 14.0. The molecular weight excluding hydrogens is 352 g/mol. The Morgan fingerprint density at radius 1 is 1.23 bits per heavy atom. The van der Waals surface area contributed by atoms with E-state index >= 15 is 0 Å². The Labute approximate surface area is 153 Å². The molecule has 1 aliphatic heterocycles. The van der Waals surface area contributed by atoms with Gasteiger partial charge in [-0.15, -0.1) is 0 Å². The van der Waals surface area contributed by atoms with E-state index in [1.165, 1.54) is 0 Å². The number of aryl methyl sites for hydroxylation is 1. The van der Waals surface area contributed by atoms with Crippen LogP contribution in [0.4, 0.5) is 4.79 Å². The molecule has 1 aliphatic rings. The van der Waals surface area contributed by atoms with Crippen LogP contribution in [0, 0.1) is 6.92 Å². The van der Waals surface area contributed by atoms with Crippen molar-refractivity contribution in [1.29, 1.82) is 0 Å². The standard InChI is InChI=1S/C19H14N2O4S/c1-10-5-11(3-4-15(10)24-2)14-9-20-8-12-6-13(25-17(12)14)7-16-18(22)21-19(23)26-16/h3-9H,1-2H3,(H,21,22,23)/b16-7+. The van der Waals surface area contributed by atoms with Crippen LogP contribution in [0.2, 0.25) is 0 Å². The summed E-state index contributed by atoms with van der Waals surface area (Å²) in [6, 6.07) is 7.66. The van der Waals surface area contributed by atoms with Gasteiger partial charge in [0.1, 0.15) is 17.1 Å².